The molecule has 1 aromatic rings. The van der Waals surface area contributed by atoms with Crippen molar-refractivity contribution in [2.24, 2.45) is 17.8 Å². The molecule has 2 bridgehead atoms. The topological polar surface area (TPSA) is 104 Å². The third-order valence-electron chi connectivity index (χ3n) is 8.93. The van der Waals surface area contributed by atoms with E-state index in [-0.39, 0.29) is 41.9 Å². The highest BCUT2D eigenvalue weighted by Gasteiger charge is 2.46. The molecule has 2 fully saturated rings. The number of ether oxygens (including phenoxy) is 2. The van der Waals surface area contributed by atoms with E-state index in [2.05, 4.69) is 34.6 Å². The van der Waals surface area contributed by atoms with Gasteiger partial charge in [0.25, 0.3) is 0 Å². The van der Waals surface area contributed by atoms with Crippen LogP contribution in [-0.4, -0.2) is 53.2 Å². The number of nitrogens with one attached hydrogen (secondary N) is 2. The number of hydrogen-bond donors (Lipinski definition) is 2. The van der Waals surface area contributed by atoms with Gasteiger partial charge in [-0.15, -0.1) is 6.58 Å². The minimum absolute atomic E-state index is 0.0242. The molecule has 218 valence electrons. The summed E-state index contributed by atoms with van der Waals surface area (Å²) in [5.41, 5.74) is 4.29. The SMILES string of the molecule is C=CC(C=N)[C@@H]1CC[C@@H](C=N)C[C@H]1OC(=O)C1=CC2=C(c3ccc(Br)cc3C1)C1CCC(C2)N1C(=O)OC(C)(C)C. The van der Waals surface area contributed by atoms with Crippen LogP contribution in [0.4, 0.5) is 4.79 Å². The van der Waals surface area contributed by atoms with Crippen LogP contribution in [0.3, 0.4) is 0 Å². The number of hydrogen-bond acceptors (Lipinski definition) is 6. The Morgan fingerprint density at radius 2 is 1.95 bits per heavy atom. The summed E-state index contributed by atoms with van der Waals surface area (Å²) < 4.78 is 13.0. The molecular weight excluding hydrogens is 582 g/mol. The van der Waals surface area contributed by atoms with E-state index in [1.54, 1.807) is 6.08 Å². The Morgan fingerprint density at radius 3 is 2.63 bits per heavy atom. The van der Waals surface area contributed by atoms with Crippen molar-refractivity contribution in [3.63, 3.8) is 0 Å². The van der Waals surface area contributed by atoms with Gasteiger partial charge in [-0.2, -0.15) is 0 Å². The van der Waals surface area contributed by atoms with Gasteiger partial charge in [-0.1, -0.05) is 28.1 Å². The van der Waals surface area contributed by atoms with Gasteiger partial charge in [-0.3, -0.25) is 4.90 Å². The number of carbonyl (C=O) groups excluding carboxylic acids is 2. The van der Waals surface area contributed by atoms with Crippen molar-refractivity contribution in [3.8, 4) is 0 Å². The Labute approximate surface area is 251 Å². The lowest BCUT2D eigenvalue weighted by molar-refractivity contribution is -0.149. The van der Waals surface area contributed by atoms with Crippen LogP contribution in [0.1, 0.15) is 70.4 Å². The van der Waals surface area contributed by atoms with Gasteiger partial charge in [0, 0.05) is 40.6 Å². The lowest BCUT2D eigenvalue weighted by Crippen LogP contribution is -2.47. The first kappa shape index (κ1) is 29.5. The molecule has 0 radical (unpaired) electrons. The molecule has 7 nitrogen and oxygen atoms in total. The zero-order valence-corrected chi connectivity index (χ0v) is 25.7. The molecule has 0 spiro atoms. The van der Waals surface area contributed by atoms with Gasteiger partial charge in [0.1, 0.15) is 11.7 Å². The van der Waals surface area contributed by atoms with E-state index >= 15 is 0 Å². The van der Waals surface area contributed by atoms with Crippen molar-refractivity contribution >= 4 is 46.0 Å². The van der Waals surface area contributed by atoms with Crippen LogP contribution in [-0.2, 0) is 20.7 Å². The zero-order valence-electron chi connectivity index (χ0n) is 24.1. The highest BCUT2D eigenvalue weighted by molar-refractivity contribution is 9.10. The average molecular weight is 623 g/mol. The molecule has 1 amide bonds. The zero-order chi connectivity index (χ0) is 29.5. The van der Waals surface area contributed by atoms with Crippen LogP contribution in [0.15, 0.2) is 52.5 Å². The van der Waals surface area contributed by atoms with E-state index in [1.165, 1.54) is 12.4 Å². The standard InChI is InChI=1S/C33H40BrN3O4/c1-5-20(18-36)26-9-6-19(17-35)12-29(26)40-31(38)23-13-21-15-24(34)7-10-27(21)30-22(14-23)16-25-8-11-28(30)37(25)32(39)41-33(2,3)4/h5,7,10,14-15,17-20,25-26,28-29,35-36H,1,6,8-9,11-13,16H2,2-4H3/t19-,20?,25?,26+,28?,29-/m1/s1. The Balaban J connectivity index is 1.50. The van der Waals surface area contributed by atoms with E-state index in [9.17, 15) is 9.59 Å². The molecule has 41 heavy (non-hydrogen) atoms. The molecular formula is C33H40BrN3O4. The molecule has 2 heterocycles. The summed E-state index contributed by atoms with van der Waals surface area (Å²) in [4.78, 5) is 29.1. The fourth-order valence-corrected chi connectivity index (χ4v) is 7.49. The second-order valence-electron chi connectivity index (χ2n) is 12.8. The second kappa shape index (κ2) is 11.7. The molecule has 1 aromatic carbocycles. The fourth-order valence-electron chi connectivity index (χ4n) is 7.08. The number of rotatable bonds is 6. The van der Waals surface area contributed by atoms with Gasteiger partial charge in [0.15, 0.2) is 0 Å². The third-order valence-corrected chi connectivity index (χ3v) is 9.42. The minimum Gasteiger partial charge on any atom is -0.459 e. The summed E-state index contributed by atoms with van der Waals surface area (Å²) in [5, 5.41) is 15.7. The van der Waals surface area contributed by atoms with E-state index in [0.717, 1.165) is 52.4 Å². The van der Waals surface area contributed by atoms with E-state index in [1.807, 2.05) is 37.8 Å². The van der Waals surface area contributed by atoms with Crippen molar-refractivity contribution in [1.29, 1.82) is 10.8 Å². The maximum atomic E-state index is 13.9. The molecule has 1 saturated carbocycles. The number of fused-ring (bicyclic) bond motifs is 5. The van der Waals surface area contributed by atoms with Crippen molar-refractivity contribution in [2.75, 3.05) is 0 Å². The quantitative estimate of drug-likeness (QED) is 0.198. The highest BCUT2D eigenvalue weighted by Crippen LogP contribution is 2.47. The Kier molecular flexibility index (Phi) is 8.42. The number of esters is 1. The molecule has 2 aliphatic heterocycles. The van der Waals surface area contributed by atoms with Gasteiger partial charge < -0.3 is 20.3 Å². The number of halogens is 1. The Hall–Kier alpha value is -3.00. The summed E-state index contributed by atoms with van der Waals surface area (Å²) in [5.74, 6) is -0.496. The summed E-state index contributed by atoms with van der Waals surface area (Å²) in [6.45, 7) is 9.57. The van der Waals surface area contributed by atoms with Crippen LogP contribution in [0.25, 0.3) is 5.57 Å². The molecule has 3 unspecified atom stereocenters. The van der Waals surface area contributed by atoms with Crippen LogP contribution in [0.2, 0.25) is 0 Å². The smallest absolute Gasteiger partial charge is 0.411 e. The molecule has 2 aliphatic carbocycles. The van der Waals surface area contributed by atoms with Crippen LogP contribution in [0, 0.1) is 28.6 Å². The maximum Gasteiger partial charge on any atom is 0.411 e. The molecule has 2 N–H and O–H groups in total. The molecule has 6 atom stereocenters. The first-order valence-corrected chi connectivity index (χ1v) is 15.4. The lowest BCUT2D eigenvalue weighted by Gasteiger charge is -2.38. The normalized spacial score (nSPS) is 28.0. The fraction of sp³-hybridized carbons (Fsp3) is 0.515. The molecule has 1 saturated heterocycles. The molecule has 5 rings (SSSR count). The summed E-state index contributed by atoms with van der Waals surface area (Å²) >= 11 is 3.62. The number of allylic oxidation sites excluding steroid dienone is 2. The van der Waals surface area contributed by atoms with Crippen molar-refractivity contribution < 1.29 is 19.1 Å². The number of benzene rings is 1. The van der Waals surface area contributed by atoms with Gasteiger partial charge in [0.05, 0.1) is 6.04 Å². The monoisotopic (exact) mass is 621 g/mol. The third kappa shape index (κ3) is 5.99. The second-order valence-corrected chi connectivity index (χ2v) is 13.7. The first-order chi connectivity index (χ1) is 19.5. The molecule has 4 aliphatic rings. The predicted molar refractivity (Wildman–Crippen MR) is 164 cm³/mol. The largest absolute Gasteiger partial charge is 0.459 e. The van der Waals surface area contributed by atoms with Crippen molar-refractivity contribution in [3.05, 3.63) is 63.7 Å². The maximum absolute atomic E-state index is 13.9. The van der Waals surface area contributed by atoms with Gasteiger partial charge in [0.2, 0.25) is 0 Å². The molecule has 0 aromatic heterocycles. The van der Waals surface area contributed by atoms with Crippen molar-refractivity contribution in [1.82, 2.24) is 4.90 Å². The van der Waals surface area contributed by atoms with Crippen molar-refractivity contribution in [2.45, 2.75) is 89.5 Å². The first-order valence-electron chi connectivity index (χ1n) is 14.6. The van der Waals surface area contributed by atoms with E-state index in [0.29, 0.717) is 24.8 Å². The average Bonchev–Trinajstić information content (AvgIpc) is 3.14. The summed E-state index contributed by atoms with van der Waals surface area (Å²) in [6.07, 6.45) is 11.0. The Morgan fingerprint density at radius 1 is 1.17 bits per heavy atom. The minimum atomic E-state index is -0.579. The number of carbonyl (C=O) groups is 2. The van der Waals surface area contributed by atoms with E-state index in [4.69, 9.17) is 20.3 Å². The lowest BCUT2D eigenvalue weighted by atomic mass is 9.74. The Bertz CT molecular complexity index is 1320. The van der Waals surface area contributed by atoms with Crippen LogP contribution in [0.5, 0.6) is 0 Å². The number of amides is 1. The predicted octanol–water partition coefficient (Wildman–Crippen LogP) is 7.29. The number of nitrogens with zero attached hydrogens (tertiary/aromatic N) is 1. The summed E-state index contributed by atoms with van der Waals surface area (Å²) in [7, 11) is 0. The summed E-state index contributed by atoms with van der Waals surface area (Å²) in [6, 6.07) is 6.08. The van der Waals surface area contributed by atoms with Gasteiger partial charge >= 0.3 is 12.1 Å². The van der Waals surface area contributed by atoms with Gasteiger partial charge in [-0.05, 0) is 112 Å². The van der Waals surface area contributed by atoms with Crippen LogP contribution < -0.4 is 0 Å². The van der Waals surface area contributed by atoms with Crippen LogP contribution >= 0.6 is 15.9 Å². The van der Waals surface area contributed by atoms with E-state index < -0.39 is 11.7 Å². The highest BCUT2D eigenvalue weighted by atomic mass is 79.9. The molecule has 8 heteroatoms. The van der Waals surface area contributed by atoms with Gasteiger partial charge in [-0.25, -0.2) is 9.59 Å².